The van der Waals surface area contributed by atoms with Crippen molar-refractivity contribution in [2.75, 3.05) is 11.3 Å². The van der Waals surface area contributed by atoms with Gasteiger partial charge in [0.05, 0.1) is 12.2 Å². The molecule has 2 aromatic carbocycles. The second kappa shape index (κ2) is 9.65. The minimum Gasteiger partial charge on any atom is -0.493 e. The van der Waals surface area contributed by atoms with E-state index in [1.54, 1.807) is 31.5 Å². The van der Waals surface area contributed by atoms with E-state index in [1.165, 1.54) is 23.6 Å². The van der Waals surface area contributed by atoms with E-state index >= 15 is 0 Å². The van der Waals surface area contributed by atoms with Gasteiger partial charge in [0.25, 0.3) is 0 Å². The quantitative estimate of drug-likeness (QED) is 0.533. The average molecular weight is 419 g/mol. The summed E-state index contributed by atoms with van der Waals surface area (Å²) in [4.78, 5) is 9.31. The van der Waals surface area contributed by atoms with Crippen molar-refractivity contribution < 1.29 is 17.9 Å². The van der Waals surface area contributed by atoms with Gasteiger partial charge in [0, 0.05) is 17.3 Å². The Labute approximate surface area is 171 Å². The van der Waals surface area contributed by atoms with Gasteiger partial charge in [0.1, 0.15) is 5.75 Å². The first kappa shape index (κ1) is 21.0. The molecule has 0 fully saturated rings. The molecule has 152 valence electrons. The number of halogens is 3. The number of anilines is 1. The van der Waals surface area contributed by atoms with Crippen molar-refractivity contribution in [1.29, 1.82) is 0 Å². The second-order valence-electron chi connectivity index (χ2n) is 6.37. The largest absolute Gasteiger partial charge is 0.493 e. The first-order valence-corrected chi connectivity index (χ1v) is 9.83. The molecule has 0 atom stereocenters. The van der Waals surface area contributed by atoms with Crippen LogP contribution in [0.5, 0.6) is 5.75 Å². The summed E-state index contributed by atoms with van der Waals surface area (Å²) < 4.78 is 44.7. The smallest absolute Gasteiger partial charge is 0.416 e. The van der Waals surface area contributed by atoms with Crippen LogP contribution in [-0.4, -0.2) is 16.6 Å². The lowest BCUT2D eigenvalue weighted by atomic mass is 10.1. The van der Waals surface area contributed by atoms with Crippen LogP contribution < -0.4 is 9.46 Å². The molecule has 4 rings (SSSR count). The average Bonchev–Trinajstić information content (AvgIpc) is 2.73. The number of ether oxygens (including phenoxy) is 1. The lowest BCUT2D eigenvalue weighted by molar-refractivity contribution is -0.137. The molecule has 1 N–H and O–H groups in total. The van der Waals surface area contributed by atoms with Gasteiger partial charge in [-0.2, -0.15) is 13.2 Å². The third-order valence-corrected chi connectivity index (χ3v) is 4.83. The highest BCUT2D eigenvalue weighted by molar-refractivity contribution is 8.00. The Kier molecular flexibility index (Phi) is 6.98. The molecule has 0 bridgehead atoms. The lowest BCUT2D eigenvalue weighted by Gasteiger charge is -2.17. The highest BCUT2D eigenvalue weighted by Crippen LogP contribution is 2.30. The molecule has 4 nitrogen and oxygen atoms in total. The minimum absolute atomic E-state index is 0.586. The van der Waals surface area contributed by atoms with Gasteiger partial charge in [-0.3, -0.25) is 4.72 Å². The van der Waals surface area contributed by atoms with Crippen molar-refractivity contribution in [3.8, 4) is 5.75 Å². The summed E-state index contributed by atoms with van der Waals surface area (Å²) in [5.41, 5.74) is 1.33. The van der Waals surface area contributed by atoms with Crippen molar-refractivity contribution in [2.24, 2.45) is 0 Å². The Morgan fingerprint density at radius 3 is 2.52 bits per heavy atom. The Balaban J connectivity index is 0.000000188. The summed E-state index contributed by atoms with van der Waals surface area (Å²) in [6.07, 6.45) is 1.43. The summed E-state index contributed by atoms with van der Waals surface area (Å²) in [5, 5.41) is 0. The summed E-state index contributed by atoms with van der Waals surface area (Å²) in [6.45, 7) is 2.45. The van der Waals surface area contributed by atoms with Crippen LogP contribution in [0.1, 0.15) is 23.1 Å². The molecule has 0 saturated heterocycles. The van der Waals surface area contributed by atoms with E-state index in [4.69, 9.17) is 4.74 Å². The molecule has 2 heterocycles. The van der Waals surface area contributed by atoms with Crippen LogP contribution in [0.15, 0.2) is 65.8 Å². The number of hydrogen-bond donors (Lipinski definition) is 1. The van der Waals surface area contributed by atoms with E-state index in [2.05, 4.69) is 32.9 Å². The topological polar surface area (TPSA) is 47.0 Å². The second-order valence-corrected chi connectivity index (χ2v) is 7.24. The van der Waals surface area contributed by atoms with E-state index < -0.39 is 11.7 Å². The Morgan fingerprint density at radius 2 is 1.83 bits per heavy atom. The molecular weight excluding hydrogens is 399 g/mol. The minimum atomic E-state index is -4.22. The molecule has 3 aromatic rings. The van der Waals surface area contributed by atoms with E-state index in [0.29, 0.717) is 11.5 Å². The monoisotopic (exact) mass is 419 g/mol. The van der Waals surface area contributed by atoms with Crippen LogP contribution >= 0.6 is 11.9 Å². The molecule has 1 aliphatic rings. The predicted octanol–water partition coefficient (Wildman–Crippen LogP) is 5.93. The molecule has 0 spiro atoms. The number of benzene rings is 2. The molecule has 0 amide bonds. The fourth-order valence-corrected chi connectivity index (χ4v) is 3.28. The zero-order chi connectivity index (χ0) is 20.7. The maximum absolute atomic E-state index is 12.0. The molecule has 29 heavy (non-hydrogen) atoms. The Bertz CT molecular complexity index is 936. The maximum Gasteiger partial charge on any atom is 0.416 e. The van der Waals surface area contributed by atoms with E-state index in [9.17, 15) is 13.2 Å². The number of fused-ring (bicyclic) bond motifs is 1. The summed E-state index contributed by atoms with van der Waals surface area (Å²) in [7, 11) is 0. The molecule has 1 aromatic heterocycles. The SMILES string of the molecule is Cc1cccc(C(F)(F)F)c1.c1cnc(NSc2ccc3c(c2)OCCC3)nc1. The molecule has 8 heteroatoms. The molecule has 0 aliphatic carbocycles. The van der Waals surface area contributed by atoms with Crippen molar-refractivity contribution in [2.45, 2.75) is 30.8 Å². The molecule has 0 unspecified atom stereocenters. The van der Waals surface area contributed by atoms with Crippen molar-refractivity contribution in [1.82, 2.24) is 9.97 Å². The third-order valence-electron chi connectivity index (χ3n) is 4.06. The summed E-state index contributed by atoms with van der Waals surface area (Å²) in [6, 6.07) is 13.3. The number of aromatic nitrogens is 2. The van der Waals surface area contributed by atoms with Crippen molar-refractivity contribution in [3.63, 3.8) is 0 Å². The predicted molar refractivity (Wildman–Crippen MR) is 108 cm³/mol. The molecular formula is C21H20F3N3OS. The molecule has 0 saturated carbocycles. The van der Waals surface area contributed by atoms with Gasteiger partial charge < -0.3 is 4.74 Å². The van der Waals surface area contributed by atoms with Crippen LogP contribution in [0, 0.1) is 6.92 Å². The third kappa shape index (κ3) is 6.39. The van der Waals surface area contributed by atoms with Crippen LogP contribution in [0.3, 0.4) is 0 Å². The van der Waals surface area contributed by atoms with Gasteiger partial charge in [-0.05, 0) is 61.5 Å². The lowest BCUT2D eigenvalue weighted by Crippen LogP contribution is -2.08. The Morgan fingerprint density at radius 1 is 1.03 bits per heavy atom. The van der Waals surface area contributed by atoms with Gasteiger partial charge in [0.15, 0.2) is 0 Å². The van der Waals surface area contributed by atoms with Crippen LogP contribution in [0.25, 0.3) is 0 Å². The van der Waals surface area contributed by atoms with E-state index in [1.807, 2.05) is 0 Å². The van der Waals surface area contributed by atoms with E-state index in [0.717, 1.165) is 42.2 Å². The number of rotatable bonds is 3. The highest BCUT2D eigenvalue weighted by Gasteiger charge is 2.29. The van der Waals surface area contributed by atoms with Gasteiger partial charge in [-0.1, -0.05) is 29.8 Å². The standard InChI is InChI=1S/C13H13N3OS.C8H7F3/c1-3-10-4-5-11(9-12(10)17-8-1)18-16-13-14-6-2-7-15-13;1-6-3-2-4-7(5-6)8(9,10)11/h2,4-7,9H,1,3,8H2,(H,14,15,16);2-5H,1H3. The highest BCUT2D eigenvalue weighted by atomic mass is 32.2. The van der Waals surface area contributed by atoms with Gasteiger partial charge >= 0.3 is 6.18 Å². The van der Waals surface area contributed by atoms with Gasteiger partial charge in [0.2, 0.25) is 5.95 Å². The molecule has 1 aliphatic heterocycles. The normalized spacial score (nSPS) is 12.8. The first-order valence-electron chi connectivity index (χ1n) is 9.01. The van der Waals surface area contributed by atoms with Crippen molar-refractivity contribution in [3.05, 3.63) is 77.6 Å². The maximum atomic E-state index is 12.0. The van der Waals surface area contributed by atoms with Crippen LogP contribution in [0.4, 0.5) is 19.1 Å². The van der Waals surface area contributed by atoms with Gasteiger partial charge in [-0.25, -0.2) is 9.97 Å². The number of aryl methyl sites for hydroxylation is 2. The van der Waals surface area contributed by atoms with E-state index in [-0.39, 0.29) is 0 Å². The zero-order valence-corrected chi connectivity index (χ0v) is 16.6. The number of hydrogen-bond acceptors (Lipinski definition) is 5. The molecule has 0 radical (unpaired) electrons. The van der Waals surface area contributed by atoms with Gasteiger partial charge in [-0.15, -0.1) is 0 Å². The fourth-order valence-electron chi connectivity index (χ4n) is 2.66. The number of alkyl halides is 3. The number of nitrogens with zero attached hydrogens (tertiary/aromatic N) is 2. The van der Waals surface area contributed by atoms with Crippen LogP contribution in [-0.2, 0) is 12.6 Å². The fraction of sp³-hybridized carbons (Fsp3) is 0.238. The summed E-state index contributed by atoms with van der Waals surface area (Å²) >= 11 is 1.49. The zero-order valence-electron chi connectivity index (χ0n) is 15.7. The number of nitrogens with one attached hydrogen (secondary N) is 1. The van der Waals surface area contributed by atoms with Crippen molar-refractivity contribution >= 4 is 17.9 Å². The Hall–Kier alpha value is -2.74. The first-order chi connectivity index (χ1) is 13.9. The van der Waals surface area contributed by atoms with Crippen LogP contribution in [0.2, 0.25) is 0 Å². The summed E-state index contributed by atoms with van der Waals surface area (Å²) in [5.74, 6) is 1.61.